The van der Waals surface area contributed by atoms with Crippen LogP contribution in [0, 0.1) is 6.92 Å². The van der Waals surface area contributed by atoms with Crippen molar-refractivity contribution in [1.82, 2.24) is 35.4 Å². The van der Waals surface area contributed by atoms with Gasteiger partial charge in [0.05, 0.1) is 0 Å². The van der Waals surface area contributed by atoms with Gasteiger partial charge >= 0.3 is 11.8 Å². The Labute approximate surface area is 210 Å². The van der Waals surface area contributed by atoms with Crippen LogP contribution in [0.15, 0.2) is 39.0 Å². The second-order valence-corrected chi connectivity index (χ2v) is 8.90. The second kappa shape index (κ2) is 11.1. The molecule has 0 saturated heterocycles. The summed E-state index contributed by atoms with van der Waals surface area (Å²) < 4.78 is 11.0. The first-order chi connectivity index (χ1) is 17.3. The lowest BCUT2D eigenvalue weighted by molar-refractivity contribution is 0.252. The largest absolute Gasteiger partial charge is 0.476 e. The van der Waals surface area contributed by atoms with Crippen LogP contribution in [-0.2, 0) is 0 Å². The molecule has 0 bridgehead atoms. The number of carbonyl (C=O) groups is 1. The lowest BCUT2D eigenvalue weighted by Gasteiger charge is -2.14. The second-order valence-electron chi connectivity index (χ2n) is 8.04. The maximum Gasteiger partial charge on any atom is 0.434 e. The number of aromatic nitrogens is 5. The van der Waals surface area contributed by atoms with Gasteiger partial charge in [-0.15, -0.1) is 16.4 Å². The first kappa shape index (κ1) is 25.0. The molecule has 0 radical (unpaired) electrons. The van der Waals surface area contributed by atoms with E-state index in [0.29, 0.717) is 42.7 Å². The molecule has 4 heterocycles. The van der Waals surface area contributed by atoms with Crippen molar-refractivity contribution in [3.63, 3.8) is 0 Å². The van der Waals surface area contributed by atoms with Crippen molar-refractivity contribution in [2.75, 3.05) is 39.1 Å². The molecule has 0 aliphatic rings. The standard InChI is InChI=1S/C23H26N8O4S/c1-5-24-22(32)28-18-10-15(21-26-13(2)12-36-21)16(11-25-18)14-8-17(20-29-30-23(33)35-20)27-19(9-14)34-7-6-31(3)4/h8-12H,5-7H2,1-4H3,(H,30,33)(H2,24,25,28,32). The van der Waals surface area contributed by atoms with E-state index in [0.717, 1.165) is 21.8 Å². The summed E-state index contributed by atoms with van der Waals surface area (Å²) in [6, 6.07) is 4.93. The summed E-state index contributed by atoms with van der Waals surface area (Å²) in [5, 5.41) is 14.3. The number of nitrogens with one attached hydrogen (secondary N) is 3. The van der Waals surface area contributed by atoms with Crippen LogP contribution in [0.2, 0.25) is 0 Å². The first-order valence-electron chi connectivity index (χ1n) is 11.2. The van der Waals surface area contributed by atoms with Crippen LogP contribution in [0.1, 0.15) is 12.6 Å². The number of aryl methyl sites for hydroxylation is 1. The Morgan fingerprint density at radius 1 is 1.22 bits per heavy atom. The van der Waals surface area contributed by atoms with Crippen molar-refractivity contribution in [2.45, 2.75) is 13.8 Å². The number of nitrogens with zero attached hydrogens (tertiary/aromatic N) is 5. The highest BCUT2D eigenvalue weighted by atomic mass is 32.1. The van der Waals surface area contributed by atoms with E-state index < -0.39 is 5.76 Å². The van der Waals surface area contributed by atoms with Gasteiger partial charge in [-0.2, -0.15) is 0 Å². The average Bonchev–Trinajstić information content (AvgIpc) is 3.47. The Bertz CT molecular complexity index is 1410. The van der Waals surface area contributed by atoms with Crippen molar-refractivity contribution in [1.29, 1.82) is 0 Å². The Hall–Kier alpha value is -4.10. The monoisotopic (exact) mass is 510 g/mol. The Morgan fingerprint density at radius 2 is 2.06 bits per heavy atom. The molecular weight excluding hydrogens is 484 g/mol. The Balaban J connectivity index is 1.81. The van der Waals surface area contributed by atoms with Gasteiger partial charge in [0.15, 0.2) is 0 Å². The van der Waals surface area contributed by atoms with E-state index in [-0.39, 0.29) is 11.9 Å². The number of rotatable bonds is 9. The number of carbonyl (C=O) groups excluding carboxylic acids is 1. The van der Waals surface area contributed by atoms with Crippen LogP contribution in [0.5, 0.6) is 5.88 Å². The molecule has 0 aliphatic carbocycles. The predicted molar refractivity (Wildman–Crippen MR) is 136 cm³/mol. The molecule has 0 aromatic carbocycles. The Morgan fingerprint density at radius 3 is 2.72 bits per heavy atom. The predicted octanol–water partition coefficient (Wildman–Crippen LogP) is 3.00. The van der Waals surface area contributed by atoms with Crippen LogP contribution in [0.3, 0.4) is 0 Å². The van der Waals surface area contributed by atoms with Crippen molar-refractivity contribution in [3.8, 4) is 39.2 Å². The fourth-order valence-corrected chi connectivity index (χ4v) is 4.07. The molecule has 2 amide bonds. The highest BCUT2D eigenvalue weighted by Crippen LogP contribution is 2.37. The third kappa shape index (κ3) is 6.12. The summed E-state index contributed by atoms with van der Waals surface area (Å²) in [6.45, 7) is 5.32. The van der Waals surface area contributed by atoms with Gasteiger partial charge in [0, 0.05) is 47.6 Å². The minimum atomic E-state index is -0.686. The summed E-state index contributed by atoms with van der Waals surface area (Å²) in [6.07, 6.45) is 1.65. The number of hydrogen-bond acceptors (Lipinski definition) is 10. The minimum absolute atomic E-state index is 0.0356. The zero-order valence-electron chi connectivity index (χ0n) is 20.3. The zero-order chi connectivity index (χ0) is 25.7. The molecule has 13 heteroatoms. The van der Waals surface area contributed by atoms with Crippen molar-refractivity contribution in [3.05, 3.63) is 46.0 Å². The zero-order valence-corrected chi connectivity index (χ0v) is 21.1. The number of urea groups is 1. The topological polar surface area (TPSA) is 151 Å². The number of anilines is 1. The normalized spacial score (nSPS) is 11.0. The summed E-state index contributed by atoms with van der Waals surface area (Å²) in [5.41, 5.74) is 3.37. The lowest BCUT2D eigenvalue weighted by Crippen LogP contribution is -2.28. The molecule has 0 spiro atoms. The van der Waals surface area contributed by atoms with Crippen LogP contribution in [-0.4, -0.2) is 69.9 Å². The third-order valence-corrected chi connectivity index (χ3v) is 5.88. The van der Waals surface area contributed by atoms with E-state index >= 15 is 0 Å². The molecule has 188 valence electrons. The number of aromatic amines is 1. The average molecular weight is 511 g/mol. The van der Waals surface area contributed by atoms with Gasteiger partial charge in [0.25, 0.3) is 5.89 Å². The fourth-order valence-electron chi connectivity index (χ4n) is 3.25. The summed E-state index contributed by atoms with van der Waals surface area (Å²) in [7, 11) is 3.89. The number of thiazole rings is 1. The first-order valence-corrected chi connectivity index (χ1v) is 12.0. The summed E-state index contributed by atoms with van der Waals surface area (Å²) in [4.78, 5) is 39.1. The lowest BCUT2D eigenvalue weighted by atomic mass is 10.0. The number of likely N-dealkylation sites (N-methyl/N-ethyl adjacent to an activating group) is 1. The van der Waals surface area contributed by atoms with E-state index in [2.05, 4.69) is 35.8 Å². The maximum absolute atomic E-state index is 12.1. The molecule has 0 aliphatic heterocycles. The smallest absolute Gasteiger partial charge is 0.434 e. The van der Waals surface area contributed by atoms with Gasteiger partial charge in [0.1, 0.15) is 23.1 Å². The third-order valence-electron chi connectivity index (χ3n) is 4.89. The van der Waals surface area contributed by atoms with Crippen molar-refractivity contribution >= 4 is 23.2 Å². The SMILES string of the molecule is CCNC(=O)Nc1cc(-c2nc(C)cs2)c(-c2cc(OCCN(C)C)nc(-c3n[nH]c(=O)o3)c2)cn1. The number of amides is 2. The molecule has 3 N–H and O–H groups in total. The molecule has 0 fully saturated rings. The minimum Gasteiger partial charge on any atom is -0.476 e. The Kier molecular flexibility index (Phi) is 7.71. The molecule has 12 nitrogen and oxygen atoms in total. The van der Waals surface area contributed by atoms with Crippen LogP contribution >= 0.6 is 11.3 Å². The molecule has 4 aromatic rings. The molecular formula is C23H26N8O4S. The number of hydrogen-bond donors (Lipinski definition) is 3. The number of H-pyrrole nitrogens is 1. The summed E-state index contributed by atoms with van der Waals surface area (Å²) in [5.74, 6) is 0.0606. The van der Waals surface area contributed by atoms with Gasteiger partial charge in [-0.3, -0.25) is 5.32 Å². The quantitative estimate of drug-likeness (QED) is 0.309. The van der Waals surface area contributed by atoms with E-state index in [9.17, 15) is 9.59 Å². The van der Waals surface area contributed by atoms with Crippen LogP contribution in [0.25, 0.3) is 33.3 Å². The van der Waals surface area contributed by atoms with Crippen molar-refractivity contribution in [2.24, 2.45) is 0 Å². The highest BCUT2D eigenvalue weighted by Gasteiger charge is 2.18. The molecule has 4 rings (SSSR count). The molecule has 36 heavy (non-hydrogen) atoms. The summed E-state index contributed by atoms with van der Waals surface area (Å²) >= 11 is 1.48. The molecule has 0 atom stereocenters. The van der Waals surface area contributed by atoms with Gasteiger partial charge in [-0.1, -0.05) is 0 Å². The van der Waals surface area contributed by atoms with Gasteiger partial charge in [-0.05, 0) is 45.6 Å². The van der Waals surface area contributed by atoms with Crippen molar-refractivity contribution < 1.29 is 13.9 Å². The highest BCUT2D eigenvalue weighted by molar-refractivity contribution is 7.13. The molecule has 4 aromatic heterocycles. The number of pyridine rings is 2. The fraction of sp³-hybridized carbons (Fsp3) is 0.304. The van der Waals surface area contributed by atoms with E-state index in [4.69, 9.17) is 9.15 Å². The van der Waals surface area contributed by atoms with Gasteiger partial charge < -0.3 is 19.4 Å². The van der Waals surface area contributed by atoms with Gasteiger partial charge in [-0.25, -0.2) is 29.6 Å². The maximum atomic E-state index is 12.1. The van der Waals surface area contributed by atoms with Crippen LogP contribution in [0.4, 0.5) is 10.6 Å². The van der Waals surface area contributed by atoms with E-state index in [1.165, 1.54) is 11.3 Å². The van der Waals surface area contributed by atoms with Crippen LogP contribution < -0.4 is 21.1 Å². The molecule has 0 saturated carbocycles. The molecule has 0 unspecified atom stereocenters. The van der Waals surface area contributed by atoms with Gasteiger partial charge in [0.2, 0.25) is 5.88 Å². The van der Waals surface area contributed by atoms with E-state index in [1.807, 2.05) is 38.2 Å². The van der Waals surface area contributed by atoms with E-state index in [1.54, 1.807) is 24.4 Å². The number of ether oxygens (including phenoxy) is 1.